The second-order valence-corrected chi connectivity index (χ2v) is 6.06. The Kier molecular flexibility index (Phi) is 6.43. The zero-order chi connectivity index (χ0) is 15.1. The van der Waals surface area contributed by atoms with Gasteiger partial charge in [-0.25, -0.2) is 0 Å². The van der Waals surface area contributed by atoms with E-state index < -0.39 is 0 Å². The molecule has 0 aliphatic carbocycles. The third-order valence-electron chi connectivity index (χ3n) is 3.36. The molecule has 3 heteroatoms. The molecule has 1 unspecified atom stereocenters. The summed E-state index contributed by atoms with van der Waals surface area (Å²) in [5, 5.41) is 3.38. The van der Waals surface area contributed by atoms with E-state index >= 15 is 0 Å². The molecule has 21 heavy (non-hydrogen) atoms. The minimum Gasteiger partial charge on any atom is -0.368 e. The molecule has 0 fully saturated rings. The van der Waals surface area contributed by atoms with Crippen LogP contribution in [-0.4, -0.2) is 13.1 Å². The maximum absolute atomic E-state index is 6.13. The summed E-state index contributed by atoms with van der Waals surface area (Å²) in [6.45, 7) is 6.63. The van der Waals surface area contributed by atoms with E-state index in [-0.39, 0.29) is 6.10 Å². The first kappa shape index (κ1) is 16.2. The van der Waals surface area contributed by atoms with Crippen LogP contribution >= 0.6 is 15.9 Å². The van der Waals surface area contributed by atoms with Crippen molar-refractivity contribution in [2.45, 2.75) is 26.6 Å². The zero-order valence-corrected chi connectivity index (χ0v) is 14.2. The van der Waals surface area contributed by atoms with Crippen molar-refractivity contribution in [3.05, 3.63) is 69.7 Å². The maximum atomic E-state index is 6.13. The molecule has 0 saturated carbocycles. The second kappa shape index (κ2) is 8.32. The molecule has 0 radical (unpaired) electrons. The van der Waals surface area contributed by atoms with Gasteiger partial charge in [0.2, 0.25) is 0 Å². The standard InChI is InChI=1S/C18H22BrNO/c1-3-20-12-18(16-6-4-5-14(2)11-16)21-13-15-7-9-17(19)10-8-15/h4-11,18,20H,3,12-13H2,1-2H3. The minimum absolute atomic E-state index is 0.0773. The van der Waals surface area contributed by atoms with Gasteiger partial charge in [0.05, 0.1) is 12.7 Å². The summed E-state index contributed by atoms with van der Waals surface area (Å²) in [6.07, 6.45) is 0.0773. The van der Waals surface area contributed by atoms with Crippen LogP contribution in [0.4, 0.5) is 0 Å². The average Bonchev–Trinajstić information content (AvgIpc) is 2.49. The van der Waals surface area contributed by atoms with Crippen LogP contribution in [0, 0.1) is 6.92 Å². The molecule has 2 rings (SSSR count). The molecule has 0 aliphatic rings. The Balaban J connectivity index is 2.04. The van der Waals surface area contributed by atoms with Gasteiger partial charge in [-0.1, -0.05) is 64.8 Å². The molecule has 112 valence electrons. The SMILES string of the molecule is CCNCC(OCc1ccc(Br)cc1)c1cccc(C)c1. The van der Waals surface area contributed by atoms with E-state index in [0.717, 1.165) is 17.6 Å². The number of hydrogen-bond donors (Lipinski definition) is 1. The third-order valence-corrected chi connectivity index (χ3v) is 3.89. The van der Waals surface area contributed by atoms with Crippen molar-refractivity contribution in [1.29, 1.82) is 0 Å². The van der Waals surface area contributed by atoms with Crippen LogP contribution in [0.3, 0.4) is 0 Å². The Morgan fingerprint density at radius 1 is 1.14 bits per heavy atom. The molecule has 0 bridgehead atoms. The van der Waals surface area contributed by atoms with E-state index in [9.17, 15) is 0 Å². The molecule has 1 N–H and O–H groups in total. The van der Waals surface area contributed by atoms with Gasteiger partial charge in [-0.15, -0.1) is 0 Å². The number of likely N-dealkylation sites (N-methyl/N-ethyl adjacent to an activating group) is 1. The summed E-state index contributed by atoms with van der Waals surface area (Å²) < 4.78 is 7.23. The fourth-order valence-electron chi connectivity index (χ4n) is 2.20. The predicted molar refractivity (Wildman–Crippen MR) is 91.4 cm³/mol. The van der Waals surface area contributed by atoms with Gasteiger partial charge in [0.1, 0.15) is 0 Å². The van der Waals surface area contributed by atoms with Crippen molar-refractivity contribution in [3.8, 4) is 0 Å². The first-order valence-corrected chi connectivity index (χ1v) is 8.11. The van der Waals surface area contributed by atoms with Crippen molar-refractivity contribution >= 4 is 15.9 Å². The summed E-state index contributed by atoms with van der Waals surface area (Å²) >= 11 is 3.45. The van der Waals surface area contributed by atoms with Crippen molar-refractivity contribution in [2.24, 2.45) is 0 Å². The molecule has 0 heterocycles. The van der Waals surface area contributed by atoms with Crippen LogP contribution in [0.2, 0.25) is 0 Å². The third kappa shape index (κ3) is 5.27. The van der Waals surface area contributed by atoms with E-state index in [0.29, 0.717) is 6.61 Å². The molecule has 2 aromatic carbocycles. The number of rotatable bonds is 7. The first-order valence-electron chi connectivity index (χ1n) is 7.32. The summed E-state index contributed by atoms with van der Waals surface area (Å²) in [5.41, 5.74) is 3.68. The Hall–Kier alpha value is -1.16. The molecular weight excluding hydrogens is 326 g/mol. The van der Waals surface area contributed by atoms with E-state index in [1.165, 1.54) is 16.7 Å². The number of benzene rings is 2. The normalized spacial score (nSPS) is 12.3. The lowest BCUT2D eigenvalue weighted by Crippen LogP contribution is -2.23. The van der Waals surface area contributed by atoms with Crippen LogP contribution in [0.5, 0.6) is 0 Å². The Morgan fingerprint density at radius 2 is 1.90 bits per heavy atom. The molecule has 0 amide bonds. The van der Waals surface area contributed by atoms with Crippen molar-refractivity contribution in [1.82, 2.24) is 5.32 Å². The van der Waals surface area contributed by atoms with E-state index in [2.05, 4.69) is 71.5 Å². The monoisotopic (exact) mass is 347 g/mol. The topological polar surface area (TPSA) is 21.3 Å². The van der Waals surface area contributed by atoms with Crippen molar-refractivity contribution in [3.63, 3.8) is 0 Å². The van der Waals surface area contributed by atoms with Gasteiger partial charge < -0.3 is 10.1 Å². The summed E-state index contributed by atoms with van der Waals surface area (Å²) in [5.74, 6) is 0. The van der Waals surface area contributed by atoms with Crippen LogP contribution in [-0.2, 0) is 11.3 Å². The highest BCUT2D eigenvalue weighted by molar-refractivity contribution is 9.10. The number of nitrogens with one attached hydrogen (secondary N) is 1. The number of halogens is 1. The Bertz CT molecular complexity index is 553. The molecule has 0 saturated heterocycles. The predicted octanol–water partition coefficient (Wildman–Crippen LogP) is 4.62. The maximum Gasteiger partial charge on any atom is 0.0953 e. The van der Waals surface area contributed by atoms with Crippen LogP contribution in [0.15, 0.2) is 53.0 Å². The average molecular weight is 348 g/mol. The fourth-order valence-corrected chi connectivity index (χ4v) is 2.46. The lowest BCUT2D eigenvalue weighted by atomic mass is 10.1. The van der Waals surface area contributed by atoms with Gasteiger partial charge in [-0.3, -0.25) is 0 Å². The van der Waals surface area contributed by atoms with Crippen LogP contribution in [0.25, 0.3) is 0 Å². The lowest BCUT2D eigenvalue weighted by molar-refractivity contribution is 0.0401. The highest BCUT2D eigenvalue weighted by atomic mass is 79.9. The molecule has 1 atom stereocenters. The first-order chi connectivity index (χ1) is 10.2. The Labute approximate surface area is 135 Å². The molecular formula is C18H22BrNO. The largest absolute Gasteiger partial charge is 0.368 e. The Morgan fingerprint density at radius 3 is 2.57 bits per heavy atom. The van der Waals surface area contributed by atoms with Crippen molar-refractivity contribution in [2.75, 3.05) is 13.1 Å². The zero-order valence-electron chi connectivity index (χ0n) is 12.6. The summed E-state index contributed by atoms with van der Waals surface area (Å²) in [4.78, 5) is 0. The second-order valence-electron chi connectivity index (χ2n) is 5.15. The quantitative estimate of drug-likeness (QED) is 0.788. The molecule has 0 aromatic heterocycles. The van der Waals surface area contributed by atoms with Gasteiger partial charge in [0.15, 0.2) is 0 Å². The minimum atomic E-state index is 0.0773. The number of ether oxygens (including phenoxy) is 1. The number of aryl methyl sites for hydroxylation is 1. The van der Waals surface area contributed by atoms with E-state index in [1.54, 1.807) is 0 Å². The lowest BCUT2D eigenvalue weighted by Gasteiger charge is -2.19. The number of hydrogen-bond acceptors (Lipinski definition) is 2. The molecule has 2 nitrogen and oxygen atoms in total. The summed E-state index contributed by atoms with van der Waals surface area (Å²) in [7, 11) is 0. The van der Waals surface area contributed by atoms with Crippen LogP contribution < -0.4 is 5.32 Å². The highest BCUT2D eigenvalue weighted by Gasteiger charge is 2.12. The highest BCUT2D eigenvalue weighted by Crippen LogP contribution is 2.20. The van der Waals surface area contributed by atoms with E-state index in [4.69, 9.17) is 4.74 Å². The fraction of sp³-hybridized carbons (Fsp3) is 0.333. The van der Waals surface area contributed by atoms with Crippen LogP contribution in [0.1, 0.15) is 29.7 Å². The molecule has 2 aromatic rings. The summed E-state index contributed by atoms with van der Waals surface area (Å²) in [6, 6.07) is 16.8. The van der Waals surface area contributed by atoms with Gasteiger partial charge in [0.25, 0.3) is 0 Å². The molecule has 0 aliphatic heterocycles. The van der Waals surface area contributed by atoms with E-state index in [1.807, 2.05) is 12.1 Å². The van der Waals surface area contributed by atoms with Gasteiger partial charge in [-0.05, 0) is 36.7 Å². The van der Waals surface area contributed by atoms with Gasteiger partial charge in [0, 0.05) is 11.0 Å². The van der Waals surface area contributed by atoms with Gasteiger partial charge >= 0.3 is 0 Å². The smallest absolute Gasteiger partial charge is 0.0953 e. The van der Waals surface area contributed by atoms with Crippen molar-refractivity contribution < 1.29 is 4.74 Å². The van der Waals surface area contributed by atoms with Gasteiger partial charge in [-0.2, -0.15) is 0 Å². The molecule has 0 spiro atoms.